The molecule has 1 heterocycles. The Morgan fingerprint density at radius 1 is 1.33 bits per heavy atom. The van der Waals surface area contributed by atoms with Crippen LogP contribution in [0, 0.1) is 0 Å². The van der Waals surface area contributed by atoms with E-state index >= 15 is 0 Å². The zero-order chi connectivity index (χ0) is 10.7. The highest BCUT2D eigenvalue weighted by Crippen LogP contribution is 2.27. The second kappa shape index (κ2) is 4.36. The Morgan fingerprint density at radius 2 is 2.20 bits per heavy atom. The lowest BCUT2D eigenvalue weighted by molar-refractivity contribution is 0.373. The van der Waals surface area contributed by atoms with E-state index in [0.29, 0.717) is 5.75 Å². The zero-order valence-corrected chi connectivity index (χ0v) is 9.25. The van der Waals surface area contributed by atoms with Crippen molar-refractivity contribution in [2.45, 2.75) is 6.42 Å². The third kappa shape index (κ3) is 2.30. The fraction of sp³-hybridized carbons (Fsp3) is 0.167. The Bertz CT molecular complexity index is 435. The quantitative estimate of drug-likeness (QED) is 0.861. The van der Waals surface area contributed by atoms with E-state index < -0.39 is 0 Å². The van der Waals surface area contributed by atoms with Crippen LogP contribution in [0.4, 0.5) is 0 Å². The Balaban J connectivity index is 2.22. The predicted octanol–water partition coefficient (Wildman–Crippen LogP) is 3.05. The van der Waals surface area contributed by atoms with Crippen LogP contribution in [0.15, 0.2) is 35.7 Å². The minimum atomic E-state index is 0.187. The van der Waals surface area contributed by atoms with Gasteiger partial charge in [0.05, 0.1) is 7.11 Å². The summed E-state index contributed by atoms with van der Waals surface area (Å²) in [6.45, 7) is 0. The molecule has 0 aliphatic carbocycles. The van der Waals surface area contributed by atoms with E-state index in [1.54, 1.807) is 24.5 Å². The van der Waals surface area contributed by atoms with E-state index in [9.17, 15) is 5.11 Å². The Hall–Kier alpha value is -1.48. The molecule has 0 fully saturated rings. The van der Waals surface area contributed by atoms with Crippen molar-refractivity contribution in [3.8, 4) is 11.5 Å². The standard InChI is InChI=1S/C12H12O2S/c1-14-12-8-9(4-5-11(12)13)7-10-3-2-6-15-10/h2-6,8,13H,7H2,1H3. The van der Waals surface area contributed by atoms with E-state index in [2.05, 4.69) is 11.4 Å². The number of hydrogen-bond acceptors (Lipinski definition) is 3. The normalized spacial score (nSPS) is 10.2. The average Bonchev–Trinajstić information content (AvgIpc) is 2.73. The first-order valence-corrected chi connectivity index (χ1v) is 5.56. The van der Waals surface area contributed by atoms with Crippen LogP contribution in [0.5, 0.6) is 11.5 Å². The summed E-state index contributed by atoms with van der Waals surface area (Å²) < 4.78 is 5.06. The van der Waals surface area contributed by atoms with E-state index in [1.807, 2.05) is 18.2 Å². The number of benzene rings is 1. The number of methoxy groups -OCH3 is 1. The molecule has 0 spiro atoms. The van der Waals surface area contributed by atoms with Crippen molar-refractivity contribution in [1.82, 2.24) is 0 Å². The summed E-state index contributed by atoms with van der Waals surface area (Å²) in [7, 11) is 1.56. The molecule has 0 radical (unpaired) electrons. The second-order valence-electron chi connectivity index (χ2n) is 3.26. The van der Waals surface area contributed by atoms with Gasteiger partial charge in [-0.05, 0) is 29.1 Å². The molecule has 2 nitrogen and oxygen atoms in total. The summed E-state index contributed by atoms with van der Waals surface area (Å²) in [5, 5.41) is 11.5. The minimum Gasteiger partial charge on any atom is -0.504 e. The van der Waals surface area contributed by atoms with Crippen molar-refractivity contribution in [2.24, 2.45) is 0 Å². The van der Waals surface area contributed by atoms with Gasteiger partial charge in [-0.3, -0.25) is 0 Å². The van der Waals surface area contributed by atoms with Gasteiger partial charge in [0.25, 0.3) is 0 Å². The van der Waals surface area contributed by atoms with Gasteiger partial charge in [-0.1, -0.05) is 12.1 Å². The highest BCUT2D eigenvalue weighted by atomic mass is 32.1. The minimum absolute atomic E-state index is 0.187. The number of ether oxygens (including phenoxy) is 1. The molecule has 0 unspecified atom stereocenters. The van der Waals surface area contributed by atoms with Gasteiger partial charge < -0.3 is 9.84 Å². The van der Waals surface area contributed by atoms with E-state index in [0.717, 1.165) is 12.0 Å². The van der Waals surface area contributed by atoms with E-state index in [4.69, 9.17) is 4.74 Å². The molecule has 2 rings (SSSR count). The van der Waals surface area contributed by atoms with Crippen molar-refractivity contribution >= 4 is 11.3 Å². The molecule has 2 aromatic rings. The summed E-state index contributed by atoms with van der Waals surface area (Å²) in [5.74, 6) is 0.719. The number of hydrogen-bond donors (Lipinski definition) is 1. The van der Waals surface area contributed by atoms with Crippen LogP contribution in [-0.2, 0) is 6.42 Å². The Kier molecular flexibility index (Phi) is 2.92. The SMILES string of the molecule is COc1cc(Cc2cccs2)ccc1O. The molecule has 0 saturated heterocycles. The van der Waals surface area contributed by atoms with Crippen molar-refractivity contribution in [1.29, 1.82) is 0 Å². The maximum atomic E-state index is 9.44. The fourth-order valence-electron chi connectivity index (χ4n) is 1.45. The lowest BCUT2D eigenvalue weighted by Gasteiger charge is -2.05. The van der Waals surface area contributed by atoms with Crippen LogP contribution >= 0.6 is 11.3 Å². The van der Waals surface area contributed by atoms with E-state index in [1.165, 1.54) is 4.88 Å². The average molecular weight is 220 g/mol. The van der Waals surface area contributed by atoms with Gasteiger partial charge in [-0.15, -0.1) is 11.3 Å². The smallest absolute Gasteiger partial charge is 0.160 e. The summed E-state index contributed by atoms with van der Waals surface area (Å²) in [6, 6.07) is 9.59. The first-order valence-electron chi connectivity index (χ1n) is 4.68. The zero-order valence-electron chi connectivity index (χ0n) is 8.43. The van der Waals surface area contributed by atoms with Crippen molar-refractivity contribution < 1.29 is 9.84 Å². The Labute approximate surface area is 92.8 Å². The van der Waals surface area contributed by atoms with Crippen molar-refractivity contribution in [3.63, 3.8) is 0 Å². The summed E-state index contributed by atoms with van der Waals surface area (Å²) in [4.78, 5) is 1.31. The molecule has 0 saturated carbocycles. The van der Waals surface area contributed by atoms with Crippen LogP contribution in [0.2, 0.25) is 0 Å². The number of thiophene rings is 1. The van der Waals surface area contributed by atoms with Crippen LogP contribution in [0.1, 0.15) is 10.4 Å². The predicted molar refractivity (Wildman–Crippen MR) is 61.8 cm³/mol. The number of phenols is 1. The molecule has 78 valence electrons. The maximum absolute atomic E-state index is 9.44. The molecule has 0 atom stereocenters. The molecule has 1 aromatic carbocycles. The lowest BCUT2D eigenvalue weighted by atomic mass is 10.1. The topological polar surface area (TPSA) is 29.5 Å². The third-order valence-corrected chi connectivity index (χ3v) is 3.08. The number of rotatable bonds is 3. The monoisotopic (exact) mass is 220 g/mol. The van der Waals surface area contributed by atoms with Crippen LogP contribution in [0.25, 0.3) is 0 Å². The molecule has 1 aromatic heterocycles. The molecule has 0 aliphatic heterocycles. The highest BCUT2D eigenvalue weighted by Gasteiger charge is 2.03. The molecule has 3 heteroatoms. The Morgan fingerprint density at radius 3 is 2.87 bits per heavy atom. The molecule has 0 amide bonds. The second-order valence-corrected chi connectivity index (χ2v) is 4.29. The summed E-state index contributed by atoms with van der Waals surface area (Å²) >= 11 is 1.73. The molecule has 0 bridgehead atoms. The van der Waals surface area contributed by atoms with Crippen LogP contribution < -0.4 is 4.74 Å². The summed E-state index contributed by atoms with van der Waals surface area (Å²) in [6.07, 6.45) is 0.883. The van der Waals surface area contributed by atoms with Gasteiger partial charge >= 0.3 is 0 Å². The molecular weight excluding hydrogens is 208 g/mol. The number of phenolic OH excluding ortho intramolecular Hbond substituents is 1. The fourth-order valence-corrected chi connectivity index (χ4v) is 2.19. The molecule has 0 aliphatic rings. The van der Waals surface area contributed by atoms with Gasteiger partial charge in [0.1, 0.15) is 0 Å². The van der Waals surface area contributed by atoms with Crippen molar-refractivity contribution in [2.75, 3.05) is 7.11 Å². The molecule has 15 heavy (non-hydrogen) atoms. The van der Waals surface area contributed by atoms with E-state index in [-0.39, 0.29) is 5.75 Å². The largest absolute Gasteiger partial charge is 0.504 e. The van der Waals surface area contributed by atoms with Crippen LogP contribution in [0.3, 0.4) is 0 Å². The lowest BCUT2D eigenvalue weighted by Crippen LogP contribution is -1.88. The maximum Gasteiger partial charge on any atom is 0.160 e. The van der Waals surface area contributed by atoms with Gasteiger partial charge in [0, 0.05) is 11.3 Å². The van der Waals surface area contributed by atoms with Gasteiger partial charge in [-0.2, -0.15) is 0 Å². The van der Waals surface area contributed by atoms with Gasteiger partial charge in [0.15, 0.2) is 11.5 Å². The van der Waals surface area contributed by atoms with Crippen molar-refractivity contribution in [3.05, 3.63) is 46.2 Å². The van der Waals surface area contributed by atoms with Gasteiger partial charge in [0.2, 0.25) is 0 Å². The van der Waals surface area contributed by atoms with Gasteiger partial charge in [-0.25, -0.2) is 0 Å². The first-order chi connectivity index (χ1) is 7.29. The summed E-state index contributed by atoms with van der Waals surface area (Å²) in [5.41, 5.74) is 1.15. The van der Waals surface area contributed by atoms with Crippen LogP contribution in [-0.4, -0.2) is 12.2 Å². The molecule has 1 N–H and O–H groups in total. The first kappa shape index (κ1) is 10.1. The molecular formula is C12H12O2S. The third-order valence-electron chi connectivity index (χ3n) is 2.20. The highest BCUT2D eigenvalue weighted by molar-refractivity contribution is 7.09. The number of aromatic hydroxyl groups is 1.